The van der Waals surface area contributed by atoms with Crippen LogP contribution in [-0.2, 0) is 15.0 Å². The highest BCUT2D eigenvalue weighted by Gasteiger charge is 2.54. The van der Waals surface area contributed by atoms with Gasteiger partial charge in [0.2, 0.25) is 5.91 Å². The van der Waals surface area contributed by atoms with E-state index in [9.17, 15) is 9.59 Å². The fourth-order valence-corrected chi connectivity index (χ4v) is 4.13. The normalized spacial score (nSPS) is 22.0. The molecule has 1 amide bonds. The highest BCUT2D eigenvalue weighted by molar-refractivity contribution is 5.92. The number of hydrogen-bond acceptors (Lipinski definition) is 4. The molecule has 2 aliphatic rings. The van der Waals surface area contributed by atoms with Crippen molar-refractivity contribution < 1.29 is 19.4 Å². The molecule has 0 bridgehead atoms. The first-order valence-electron chi connectivity index (χ1n) is 9.33. The SMILES string of the molecule is COc1ccccc1C1(C(=O)N2CCCC(N(C)CC(=O)O)CC2)CC1. The molecule has 1 heterocycles. The Morgan fingerprint density at radius 3 is 2.65 bits per heavy atom. The van der Waals surface area contributed by atoms with Crippen LogP contribution < -0.4 is 4.74 Å². The van der Waals surface area contributed by atoms with E-state index in [1.165, 1.54) is 0 Å². The predicted octanol–water partition coefficient (Wildman–Crippen LogP) is 2.12. The molecule has 1 unspecified atom stereocenters. The van der Waals surface area contributed by atoms with Gasteiger partial charge in [0.15, 0.2) is 0 Å². The number of benzene rings is 1. The summed E-state index contributed by atoms with van der Waals surface area (Å²) < 4.78 is 5.49. The molecule has 1 atom stereocenters. The lowest BCUT2D eigenvalue weighted by Crippen LogP contribution is -2.41. The summed E-state index contributed by atoms with van der Waals surface area (Å²) >= 11 is 0. The molecule has 1 aliphatic heterocycles. The number of likely N-dealkylation sites (tertiary alicyclic amines) is 1. The first-order valence-corrected chi connectivity index (χ1v) is 9.33. The number of carboxylic acid groups (broad SMARTS) is 1. The number of carboxylic acids is 1. The van der Waals surface area contributed by atoms with E-state index < -0.39 is 11.4 Å². The van der Waals surface area contributed by atoms with Gasteiger partial charge in [-0.15, -0.1) is 0 Å². The van der Waals surface area contributed by atoms with Crippen molar-refractivity contribution in [1.29, 1.82) is 0 Å². The van der Waals surface area contributed by atoms with Crippen molar-refractivity contribution in [2.45, 2.75) is 43.6 Å². The minimum Gasteiger partial charge on any atom is -0.496 e. The Labute approximate surface area is 154 Å². The van der Waals surface area contributed by atoms with Gasteiger partial charge in [0, 0.05) is 24.7 Å². The van der Waals surface area contributed by atoms with Crippen molar-refractivity contribution in [1.82, 2.24) is 9.80 Å². The van der Waals surface area contributed by atoms with E-state index in [0.29, 0.717) is 6.54 Å². The van der Waals surface area contributed by atoms with Gasteiger partial charge in [-0.25, -0.2) is 0 Å². The first kappa shape index (κ1) is 18.7. The Bertz CT molecular complexity index is 672. The summed E-state index contributed by atoms with van der Waals surface area (Å²) in [6, 6.07) is 8.03. The number of methoxy groups -OCH3 is 1. The number of hydrogen-bond donors (Lipinski definition) is 1. The molecule has 0 aromatic heterocycles. The van der Waals surface area contributed by atoms with Crippen molar-refractivity contribution in [2.24, 2.45) is 0 Å². The molecule has 0 spiro atoms. The zero-order valence-corrected chi connectivity index (χ0v) is 15.6. The lowest BCUT2D eigenvalue weighted by molar-refractivity contribution is -0.138. The van der Waals surface area contributed by atoms with Gasteiger partial charge >= 0.3 is 5.97 Å². The quantitative estimate of drug-likeness (QED) is 0.841. The minimum atomic E-state index is -0.808. The summed E-state index contributed by atoms with van der Waals surface area (Å²) in [5.74, 6) is 0.175. The molecule has 0 radical (unpaired) electrons. The molecule has 1 aromatic rings. The predicted molar refractivity (Wildman–Crippen MR) is 98.4 cm³/mol. The van der Waals surface area contributed by atoms with Gasteiger partial charge in [0.05, 0.1) is 19.1 Å². The maximum absolute atomic E-state index is 13.3. The highest BCUT2D eigenvalue weighted by atomic mass is 16.5. The van der Waals surface area contributed by atoms with Crippen LogP contribution in [0.3, 0.4) is 0 Å². The van der Waals surface area contributed by atoms with Gasteiger partial charge in [0.1, 0.15) is 5.75 Å². The monoisotopic (exact) mass is 360 g/mol. The van der Waals surface area contributed by atoms with Crippen LogP contribution in [0.5, 0.6) is 5.75 Å². The van der Waals surface area contributed by atoms with Crippen molar-refractivity contribution in [2.75, 3.05) is 33.8 Å². The molecule has 1 aromatic carbocycles. The van der Waals surface area contributed by atoms with Crippen LogP contribution in [-0.4, -0.2) is 66.6 Å². The average molecular weight is 360 g/mol. The summed E-state index contributed by atoms with van der Waals surface area (Å²) in [7, 11) is 3.50. The molecular formula is C20H28N2O4. The first-order chi connectivity index (χ1) is 12.5. The molecule has 2 fully saturated rings. The van der Waals surface area contributed by atoms with Gasteiger partial charge in [-0.05, 0) is 45.2 Å². The topological polar surface area (TPSA) is 70.1 Å². The number of ether oxygens (including phenoxy) is 1. The third-order valence-electron chi connectivity index (χ3n) is 5.77. The summed E-state index contributed by atoms with van der Waals surface area (Å²) in [5, 5.41) is 9.00. The molecule has 6 nitrogen and oxygen atoms in total. The largest absolute Gasteiger partial charge is 0.496 e. The van der Waals surface area contributed by atoms with Crippen molar-refractivity contribution >= 4 is 11.9 Å². The van der Waals surface area contributed by atoms with Crippen LogP contribution in [0.4, 0.5) is 0 Å². The maximum Gasteiger partial charge on any atom is 0.317 e. The summed E-state index contributed by atoms with van der Waals surface area (Å²) in [6.07, 6.45) is 4.38. The van der Waals surface area contributed by atoms with Crippen LogP contribution in [0, 0.1) is 0 Å². The van der Waals surface area contributed by atoms with Gasteiger partial charge < -0.3 is 14.7 Å². The number of para-hydroxylation sites is 1. The molecule has 3 rings (SSSR count). The third-order valence-corrected chi connectivity index (χ3v) is 5.77. The van der Waals surface area contributed by atoms with Crippen LogP contribution in [0.1, 0.15) is 37.7 Å². The molecule has 6 heteroatoms. The number of nitrogens with zero attached hydrogens (tertiary/aromatic N) is 2. The number of carbonyl (C=O) groups excluding carboxylic acids is 1. The Morgan fingerprint density at radius 2 is 2.00 bits per heavy atom. The number of rotatable bonds is 6. The van der Waals surface area contributed by atoms with E-state index in [1.54, 1.807) is 7.11 Å². The second-order valence-corrected chi connectivity index (χ2v) is 7.47. The summed E-state index contributed by atoms with van der Waals surface area (Å²) in [4.78, 5) is 28.1. The van der Waals surface area contributed by atoms with E-state index in [2.05, 4.69) is 0 Å². The number of carbonyl (C=O) groups is 2. The third kappa shape index (κ3) is 3.70. The molecule has 1 saturated heterocycles. The van der Waals surface area contributed by atoms with E-state index >= 15 is 0 Å². The number of amides is 1. The Morgan fingerprint density at radius 1 is 1.27 bits per heavy atom. The Kier molecular flexibility index (Phi) is 5.51. The maximum atomic E-state index is 13.3. The summed E-state index contributed by atoms with van der Waals surface area (Å²) in [6.45, 7) is 1.47. The lowest BCUT2D eigenvalue weighted by atomic mass is 9.93. The molecule has 1 N–H and O–H groups in total. The number of aliphatic carboxylic acids is 1. The van der Waals surface area contributed by atoms with Gasteiger partial charge in [-0.2, -0.15) is 0 Å². The molecular weight excluding hydrogens is 332 g/mol. The molecule has 142 valence electrons. The van der Waals surface area contributed by atoms with Gasteiger partial charge in [0.25, 0.3) is 0 Å². The minimum absolute atomic E-state index is 0.0454. The van der Waals surface area contributed by atoms with E-state index in [4.69, 9.17) is 9.84 Å². The van der Waals surface area contributed by atoms with Crippen molar-refractivity contribution in [3.63, 3.8) is 0 Å². The smallest absolute Gasteiger partial charge is 0.317 e. The van der Waals surface area contributed by atoms with Crippen LogP contribution >= 0.6 is 0 Å². The van der Waals surface area contributed by atoms with E-state index in [1.807, 2.05) is 41.1 Å². The fourth-order valence-electron chi connectivity index (χ4n) is 4.13. The van der Waals surface area contributed by atoms with E-state index in [0.717, 1.165) is 50.0 Å². The van der Waals surface area contributed by atoms with Crippen LogP contribution in [0.2, 0.25) is 0 Å². The van der Waals surface area contributed by atoms with Crippen LogP contribution in [0.15, 0.2) is 24.3 Å². The zero-order chi connectivity index (χ0) is 18.7. The molecule has 26 heavy (non-hydrogen) atoms. The fraction of sp³-hybridized carbons (Fsp3) is 0.600. The summed E-state index contributed by atoms with van der Waals surface area (Å²) in [5.41, 5.74) is 0.565. The Hall–Kier alpha value is -2.08. The van der Waals surface area contributed by atoms with E-state index in [-0.39, 0.29) is 18.5 Å². The van der Waals surface area contributed by atoms with Gasteiger partial charge in [-0.3, -0.25) is 14.5 Å². The lowest BCUT2D eigenvalue weighted by Gasteiger charge is -2.28. The average Bonchev–Trinajstić information content (AvgIpc) is 3.45. The second-order valence-electron chi connectivity index (χ2n) is 7.47. The van der Waals surface area contributed by atoms with Crippen molar-refractivity contribution in [3.8, 4) is 5.75 Å². The number of likely N-dealkylation sites (N-methyl/N-ethyl adjacent to an activating group) is 1. The molecule has 1 saturated carbocycles. The standard InChI is InChI=1S/C20H28N2O4/c1-21(14-18(23)24)15-6-5-12-22(13-9-15)19(25)20(10-11-20)16-7-3-4-8-17(16)26-2/h3-4,7-8,15H,5-6,9-14H2,1-2H3,(H,23,24). The highest BCUT2D eigenvalue weighted by Crippen LogP contribution is 2.52. The molecule has 1 aliphatic carbocycles. The zero-order valence-electron chi connectivity index (χ0n) is 15.6. The Balaban J connectivity index is 1.70. The van der Waals surface area contributed by atoms with Gasteiger partial charge in [-0.1, -0.05) is 18.2 Å². The second kappa shape index (κ2) is 7.66. The van der Waals surface area contributed by atoms with Crippen molar-refractivity contribution in [3.05, 3.63) is 29.8 Å². The van der Waals surface area contributed by atoms with Crippen LogP contribution in [0.25, 0.3) is 0 Å².